The first-order chi connectivity index (χ1) is 10.7. The summed E-state index contributed by atoms with van der Waals surface area (Å²) in [6, 6.07) is 10.7. The SMILES string of the molecule is C[C@@H](CSc1ccccc1)NCc1c[nH]c2c(=O)[nH]cnc12. The number of hydrogen-bond acceptors (Lipinski definition) is 4. The molecule has 1 atom stereocenters. The smallest absolute Gasteiger partial charge is 0.275 e. The Balaban J connectivity index is 1.57. The Labute approximate surface area is 132 Å². The van der Waals surface area contributed by atoms with Crippen molar-refractivity contribution in [2.75, 3.05) is 5.75 Å². The van der Waals surface area contributed by atoms with E-state index in [1.165, 1.54) is 11.2 Å². The van der Waals surface area contributed by atoms with Gasteiger partial charge in [0.15, 0.2) is 0 Å². The molecule has 2 heterocycles. The zero-order valence-corrected chi connectivity index (χ0v) is 13.1. The van der Waals surface area contributed by atoms with Gasteiger partial charge in [-0.05, 0) is 19.1 Å². The number of hydrogen-bond donors (Lipinski definition) is 3. The van der Waals surface area contributed by atoms with Crippen LogP contribution in [0.5, 0.6) is 0 Å². The Morgan fingerprint density at radius 2 is 2.09 bits per heavy atom. The molecule has 1 aromatic carbocycles. The molecule has 0 fully saturated rings. The van der Waals surface area contributed by atoms with Gasteiger partial charge in [0.05, 0.1) is 11.8 Å². The van der Waals surface area contributed by atoms with E-state index >= 15 is 0 Å². The molecule has 114 valence electrons. The summed E-state index contributed by atoms with van der Waals surface area (Å²) < 4.78 is 0. The topological polar surface area (TPSA) is 73.6 Å². The first-order valence-electron chi connectivity index (χ1n) is 7.19. The summed E-state index contributed by atoms with van der Waals surface area (Å²) in [5.41, 5.74) is 2.14. The van der Waals surface area contributed by atoms with Gasteiger partial charge in [-0.3, -0.25) is 4.79 Å². The predicted octanol–water partition coefficient (Wildman–Crippen LogP) is 2.52. The molecular formula is C16H18N4OS. The minimum Gasteiger partial charge on any atom is -0.355 e. The number of aromatic nitrogens is 3. The van der Waals surface area contributed by atoms with E-state index in [1.54, 1.807) is 0 Å². The van der Waals surface area contributed by atoms with Crippen molar-refractivity contribution in [1.29, 1.82) is 0 Å². The molecule has 0 radical (unpaired) electrons. The van der Waals surface area contributed by atoms with E-state index in [1.807, 2.05) is 24.0 Å². The van der Waals surface area contributed by atoms with Crippen molar-refractivity contribution in [1.82, 2.24) is 20.3 Å². The van der Waals surface area contributed by atoms with Gasteiger partial charge in [0.25, 0.3) is 5.56 Å². The molecule has 0 bridgehead atoms. The maximum Gasteiger partial charge on any atom is 0.275 e. The van der Waals surface area contributed by atoms with Crippen molar-refractivity contribution in [2.24, 2.45) is 0 Å². The Hall–Kier alpha value is -2.05. The molecule has 3 aromatic rings. The van der Waals surface area contributed by atoms with E-state index in [9.17, 15) is 4.79 Å². The van der Waals surface area contributed by atoms with E-state index in [-0.39, 0.29) is 5.56 Å². The highest BCUT2D eigenvalue weighted by Crippen LogP contribution is 2.18. The van der Waals surface area contributed by atoms with Gasteiger partial charge in [0.1, 0.15) is 5.52 Å². The van der Waals surface area contributed by atoms with Crippen molar-refractivity contribution in [3.63, 3.8) is 0 Å². The molecule has 0 amide bonds. The lowest BCUT2D eigenvalue weighted by atomic mass is 10.2. The van der Waals surface area contributed by atoms with E-state index in [0.717, 1.165) is 16.8 Å². The van der Waals surface area contributed by atoms with Gasteiger partial charge in [-0.1, -0.05) is 18.2 Å². The molecule has 0 spiro atoms. The Morgan fingerprint density at radius 3 is 2.91 bits per heavy atom. The summed E-state index contributed by atoms with van der Waals surface area (Å²) in [6.45, 7) is 2.85. The maximum atomic E-state index is 11.6. The number of H-pyrrole nitrogens is 2. The molecule has 0 saturated carbocycles. The summed E-state index contributed by atoms with van der Waals surface area (Å²) in [5, 5.41) is 3.47. The quantitative estimate of drug-likeness (QED) is 0.611. The third kappa shape index (κ3) is 3.40. The second-order valence-corrected chi connectivity index (χ2v) is 6.27. The number of thioether (sulfide) groups is 1. The summed E-state index contributed by atoms with van der Waals surface area (Å²) in [5.74, 6) is 0.986. The standard InChI is InChI=1S/C16H18N4OS/c1-11(9-22-13-5-3-2-4-6-13)17-7-12-8-18-15-14(12)19-10-20-16(15)21/h2-6,8,10-11,17-18H,7,9H2,1H3,(H,19,20,21)/t11-/m0/s1. The van der Waals surface area contributed by atoms with Crippen LogP contribution < -0.4 is 10.9 Å². The Morgan fingerprint density at radius 1 is 1.27 bits per heavy atom. The molecule has 6 heteroatoms. The van der Waals surface area contributed by atoms with Crippen molar-refractivity contribution < 1.29 is 0 Å². The van der Waals surface area contributed by atoms with Gasteiger partial charge < -0.3 is 15.3 Å². The lowest BCUT2D eigenvalue weighted by molar-refractivity contribution is 0.597. The monoisotopic (exact) mass is 314 g/mol. The van der Waals surface area contributed by atoms with E-state index in [2.05, 4.69) is 51.5 Å². The second kappa shape index (κ2) is 6.81. The average molecular weight is 314 g/mol. The Kier molecular flexibility index (Phi) is 4.60. The highest BCUT2D eigenvalue weighted by molar-refractivity contribution is 7.99. The molecule has 0 aliphatic carbocycles. The van der Waals surface area contributed by atoms with Crippen molar-refractivity contribution in [3.8, 4) is 0 Å². The molecule has 0 aliphatic rings. The van der Waals surface area contributed by atoms with Crippen LogP contribution in [0.1, 0.15) is 12.5 Å². The molecule has 0 aliphatic heterocycles. The molecule has 2 aromatic heterocycles. The van der Waals surface area contributed by atoms with Crippen LogP contribution in [0, 0.1) is 0 Å². The van der Waals surface area contributed by atoms with Gasteiger partial charge in [-0.2, -0.15) is 0 Å². The number of rotatable bonds is 6. The van der Waals surface area contributed by atoms with Gasteiger partial charge in [0, 0.05) is 35.0 Å². The number of nitrogens with one attached hydrogen (secondary N) is 3. The highest BCUT2D eigenvalue weighted by atomic mass is 32.2. The van der Waals surface area contributed by atoms with E-state index in [4.69, 9.17) is 0 Å². The minimum atomic E-state index is -0.135. The van der Waals surface area contributed by atoms with Gasteiger partial charge in [-0.15, -0.1) is 11.8 Å². The molecule has 22 heavy (non-hydrogen) atoms. The number of nitrogens with zero attached hydrogens (tertiary/aromatic N) is 1. The zero-order chi connectivity index (χ0) is 15.4. The average Bonchev–Trinajstić information content (AvgIpc) is 2.96. The lowest BCUT2D eigenvalue weighted by Crippen LogP contribution is -2.27. The fourth-order valence-corrected chi connectivity index (χ4v) is 3.13. The van der Waals surface area contributed by atoms with Crippen molar-refractivity contribution in [3.05, 3.63) is 58.8 Å². The summed E-state index contributed by atoms with van der Waals surface area (Å²) in [7, 11) is 0. The van der Waals surface area contributed by atoms with Crippen LogP contribution >= 0.6 is 11.8 Å². The number of aromatic amines is 2. The maximum absolute atomic E-state index is 11.6. The largest absolute Gasteiger partial charge is 0.355 e. The number of fused-ring (bicyclic) bond motifs is 1. The van der Waals surface area contributed by atoms with Crippen LogP contribution in [0.4, 0.5) is 0 Å². The fourth-order valence-electron chi connectivity index (χ4n) is 2.22. The van der Waals surface area contributed by atoms with Crippen LogP contribution in [0.25, 0.3) is 11.0 Å². The molecular weight excluding hydrogens is 296 g/mol. The highest BCUT2D eigenvalue weighted by Gasteiger charge is 2.09. The van der Waals surface area contributed by atoms with Crippen LogP contribution in [0.15, 0.2) is 52.5 Å². The van der Waals surface area contributed by atoms with Crippen molar-refractivity contribution in [2.45, 2.75) is 24.4 Å². The normalized spacial score (nSPS) is 12.6. The summed E-state index contributed by atoms with van der Waals surface area (Å²) in [6.07, 6.45) is 3.29. The van der Waals surface area contributed by atoms with E-state index < -0.39 is 0 Å². The van der Waals surface area contributed by atoms with Gasteiger partial charge in [-0.25, -0.2) is 4.98 Å². The predicted molar refractivity (Wildman–Crippen MR) is 90.2 cm³/mol. The van der Waals surface area contributed by atoms with Crippen molar-refractivity contribution >= 4 is 22.8 Å². The molecule has 3 N–H and O–H groups in total. The first kappa shape index (κ1) is 14.9. The van der Waals surface area contributed by atoms with E-state index in [0.29, 0.717) is 18.1 Å². The third-order valence-electron chi connectivity index (χ3n) is 3.43. The molecule has 3 rings (SSSR count). The van der Waals surface area contributed by atoms with Crippen LogP contribution in [0.3, 0.4) is 0 Å². The lowest BCUT2D eigenvalue weighted by Gasteiger charge is -2.13. The van der Waals surface area contributed by atoms with Gasteiger partial charge in [0.2, 0.25) is 0 Å². The third-order valence-corrected chi connectivity index (χ3v) is 4.70. The first-order valence-corrected chi connectivity index (χ1v) is 8.17. The van der Waals surface area contributed by atoms with Crippen LogP contribution in [0.2, 0.25) is 0 Å². The zero-order valence-electron chi connectivity index (χ0n) is 12.3. The molecule has 0 unspecified atom stereocenters. The second-order valence-electron chi connectivity index (χ2n) is 5.18. The van der Waals surface area contributed by atoms with Gasteiger partial charge >= 0.3 is 0 Å². The molecule has 5 nitrogen and oxygen atoms in total. The fraction of sp³-hybridized carbons (Fsp3) is 0.250. The number of benzene rings is 1. The Bertz CT molecular complexity index is 797. The summed E-state index contributed by atoms with van der Waals surface area (Å²) in [4.78, 5) is 22.7. The van der Waals surface area contributed by atoms with Crippen LogP contribution in [-0.4, -0.2) is 26.7 Å². The summed E-state index contributed by atoms with van der Waals surface area (Å²) >= 11 is 1.83. The molecule has 0 saturated heterocycles. The van der Waals surface area contributed by atoms with Crippen LogP contribution in [-0.2, 0) is 6.54 Å². The minimum absolute atomic E-state index is 0.135.